The van der Waals surface area contributed by atoms with E-state index in [2.05, 4.69) is 95.6 Å². The van der Waals surface area contributed by atoms with Crippen LogP contribution in [0.5, 0.6) is 0 Å². The molecule has 0 aliphatic carbocycles. The quantitative estimate of drug-likeness (QED) is 0.275. The van der Waals surface area contributed by atoms with Crippen molar-refractivity contribution in [1.82, 2.24) is 34.4 Å². The Labute approximate surface area is 222 Å². The number of imidazole rings is 1. The van der Waals surface area contributed by atoms with Gasteiger partial charge >= 0.3 is 0 Å². The van der Waals surface area contributed by atoms with Gasteiger partial charge in [0.05, 0.1) is 11.4 Å². The molecule has 1 saturated heterocycles. The van der Waals surface area contributed by atoms with Gasteiger partial charge in [0.15, 0.2) is 15.8 Å². The summed E-state index contributed by atoms with van der Waals surface area (Å²) in [6.07, 6.45) is 6.07. The Morgan fingerprint density at radius 1 is 0.892 bits per heavy atom. The normalized spacial score (nSPS) is 15.0. The molecule has 0 atom stereocenters. The lowest BCUT2D eigenvalue weighted by Crippen LogP contribution is -2.32. The van der Waals surface area contributed by atoms with E-state index >= 15 is 0 Å². The molecule has 0 spiro atoms. The lowest BCUT2D eigenvalue weighted by Gasteiger charge is -2.30. The number of nitrogens with one attached hydrogen (secondary N) is 1. The second kappa shape index (κ2) is 9.66. The fourth-order valence-corrected chi connectivity index (χ4v) is 6.43. The molecule has 5 heterocycles. The van der Waals surface area contributed by atoms with Gasteiger partial charge in [-0.15, -0.1) is 32.9 Å². The van der Waals surface area contributed by atoms with E-state index in [4.69, 9.17) is 4.98 Å². The zero-order chi connectivity index (χ0) is 24.6. The predicted molar refractivity (Wildman–Crippen MR) is 149 cm³/mol. The van der Waals surface area contributed by atoms with Gasteiger partial charge in [0.1, 0.15) is 5.82 Å². The van der Waals surface area contributed by atoms with E-state index in [9.17, 15) is 0 Å². The maximum atomic E-state index is 4.97. The molecule has 6 aromatic rings. The van der Waals surface area contributed by atoms with Crippen molar-refractivity contribution in [2.24, 2.45) is 0 Å². The summed E-state index contributed by atoms with van der Waals surface area (Å²) < 4.78 is 2.20. The van der Waals surface area contributed by atoms with Gasteiger partial charge in [-0.25, -0.2) is 9.97 Å². The summed E-state index contributed by atoms with van der Waals surface area (Å²) in [6.45, 7) is 3.06. The molecule has 7 rings (SSSR count). The van der Waals surface area contributed by atoms with Crippen LogP contribution in [-0.2, 0) is 6.54 Å². The molecule has 184 valence electrons. The molecule has 0 unspecified atom stereocenters. The van der Waals surface area contributed by atoms with Crippen LogP contribution in [0, 0.1) is 0 Å². The van der Waals surface area contributed by atoms with Crippen molar-refractivity contribution in [3.63, 3.8) is 0 Å². The summed E-state index contributed by atoms with van der Waals surface area (Å²) in [5.74, 6) is 2.19. The average molecular weight is 524 g/mol. The minimum absolute atomic E-state index is 0.422. The van der Waals surface area contributed by atoms with Gasteiger partial charge in [-0.05, 0) is 31.5 Å². The number of likely N-dealkylation sites (tertiary alicyclic amines) is 1. The third-order valence-electron chi connectivity index (χ3n) is 7.06. The number of nitrogens with zero attached hydrogens (tertiary/aromatic N) is 6. The van der Waals surface area contributed by atoms with Crippen LogP contribution < -0.4 is 0 Å². The van der Waals surface area contributed by atoms with Crippen LogP contribution >= 0.6 is 22.7 Å². The van der Waals surface area contributed by atoms with Crippen LogP contribution in [0.15, 0.2) is 77.8 Å². The minimum atomic E-state index is 0.422. The van der Waals surface area contributed by atoms with Crippen molar-refractivity contribution in [1.29, 1.82) is 0 Å². The molecule has 7 nitrogen and oxygen atoms in total. The first-order valence-corrected chi connectivity index (χ1v) is 14.2. The number of aromatic amines is 1. The molecule has 1 N–H and O–H groups in total. The second-order valence-corrected chi connectivity index (χ2v) is 11.1. The molecule has 1 aliphatic rings. The fraction of sp³-hybridized carbons (Fsp3) is 0.214. The summed E-state index contributed by atoms with van der Waals surface area (Å²) >= 11 is 3.25. The van der Waals surface area contributed by atoms with Crippen molar-refractivity contribution in [3.05, 3.63) is 89.1 Å². The molecular formula is C28H25N7S2. The Morgan fingerprint density at radius 2 is 1.73 bits per heavy atom. The zero-order valence-corrected chi connectivity index (χ0v) is 21.8. The van der Waals surface area contributed by atoms with Crippen LogP contribution in [0.2, 0.25) is 0 Å². The summed E-state index contributed by atoms with van der Waals surface area (Å²) in [6, 6.07) is 19.5. The van der Waals surface area contributed by atoms with E-state index in [0.29, 0.717) is 5.92 Å². The predicted octanol–water partition coefficient (Wildman–Crippen LogP) is 6.35. The number of benzene rings is 2. The number of piperidine rings is 1. The van der Waals surface area contributed by atoms with Crippen LogP contribution in [0.4, 0.5) is 0 Å². The molecular weight excluding hydrogens is 498 g/mol. The molecule has 0 saturated carbocycles. The Hall–Kier alpha value is -3.66. The Bertz CT molecular complexity index is 1610. The molecule has 1 fully saturated rings. The van der Waals surface area contributed by atoms with Crippen LogP contribution in [0.1, 0.15) is 30.1 Å². The van der Waals surface area contributed by atoms with Crippen molar-refractivity contribution >= 4 is 27.6 Å². The highest BCUT2D eigenvalue weighted by Gasteiger charge is 2.24. The van der Waals surface area contributed by atoms with Crippen molar-refractivity contribution < 1.29 is 0 Å². The highest BCUT2D eigenvalue weighted by Crippen LogP contribution is 2.34. The standard InChI is InChI=1S/C28H25N7S2/c1-2-4-21(5-3-1)24-23(30-28-35(24)15-17-37-28)20-8-6-19(7-9-20)18-34-13-10-22(11-14-34)25-31-26(33-32-25)27-29-12-16-36-27/h1-9,12,15-17,22H,10-11,13-14,18H2,(H,31,32,33). The first-order valence-electron chi connectivity index (χ1n) is 12.5. The smallest absolute Gasteiger partial charge is 0.194 e. The van der Waals surface area contributed by atoms with Gasteiger partial charge in [-0.2, -0.15) is 0 Å². The first kappa shape index (κ1) is 22.5. The highest BCUT2D eigenvalue weighted by molar-refractivity contribution is 7.15. The number of rotatable bonds is 6. The maximum absolute atomic E-state index is 4.97. The van der Waals surface area contributed by atoms with Crippen LogP contribution in [0.25, 0.3) is 38.3 Å². The Balaban J connectivity index is 1.03. The molecule has 0 amide bonds. The number of H-pyrrole nitrogens is 1. The molecule has 1 aliphatic heterocycles. The third-order valence-corrected chi connectivity index (χ3v) is 8.59. The van der Waals surface area contributed by atoms with E-state index < -0.39 is 0 Å². The van der Waals surface area contributed by atoms with Gasteiger partial charge in [0, 0.05) is 46.7 Å². The number of aromatic nitrogens is 6. The zero-order valence-electron chi connectivity index (χ0n) is 20.1. The van der Waals surface area contributed by atoms with Crippen molar-refractivity contribution in [2.45, 2.75) is 25.3 Å². The number of thiazole rings is 2. The first-order chi connectivity index (χ1) is 18.3. The largest absolute Gasteiger partial charge is 0.323 e. The second-order valence-electron chi connectivity index (χ2n) is 9.37. The van der Waals surface area contributed by atoms with Gasteiger partial charge in [0.2, 0.25) is 0 Å². The third kappa shape index (κ3) is 4.39. The van der Waals surface area contributed by atoms with Crippen LogP contribution in [0.3, 0.4) is 0 Å². The number of fused-ring (bicyclic) bond motifs is 1. The molecule has 0 bridgehead atoms. The van der Waals surface area contributed by atoms with Crippen LogP contribution in [-0.4, -0.2) is 47.5 Å². The molecule has 0 radical (unpaired) electrons. The fourth-order valence-electron chi connectivity index (χ4n) is 5.15. The van der Waals surface area contributed by atoms with E-state index in [0.717, 1.165) is 71.0 Å². The molecule has 2 aromatic carbocycles. The summed E-state index contributed by atoms with van der Waals surface area (Å²) in [5, 5.41) is 13.7. The van der Waals surface area contributed by atoms with Gasteiger partial charge in [0.25, 0.3) is 0 Å². The van der Waals surface area contributed by atoms with Gasteiger partial charge < -0.3 is 4.98 Å². The highest BCUT2D eigenvalue weighted by atomic mass is 32.1. The van der Waals surface area contributed by atoms with Crippen molar-refractivity contribution in [2.75, 3.05) is 13.1 Å². The number of hydrogen-bond acceptors (Lipinski definition) is 7. The minimum Gasteiger partial charge on any atom is -0.323 e. The number of hydrogen-bond donors (Lipinski definition) is 1. The van der Waals surface area contributed by atoms with E-state index in [1.54, 1.807) is 28.9 Å². The van der Waals surface area contributed by atoms with Gasteiger partial charge in [-0.1, -0.05) is 54.6 Å². The SMILES string of the molecule is c1ccc(-c2c(-c3ccc(CN4CCC(c5nnc(-c6nccs6)[nH]5)CC4)cc3)nc3sccn23)cc1. The average Bonchev–Trinajstić information content (AvgIpc) is 3.75. The lowest BCUT2D eigenvalue weighted by molar-refractivity contribution is 0.202. The summed E-state index contributed by atoms with van der Waals surface area (Å²) in [4.78, 5) is 16.3. The molecule has 37 heavy (non-hydrogen) atoms. The summed E-state index contributed by atoms with van der Waals surface area (Å²) in [7, 11) is 0. The Kier molecular flexibility index (Phi) is 5.88. The van der Waals surface area contributed by atoms with E-state index in [1.807, 2.05) is 5.38 Å². The lowest BCUT2D eigenvalue weighted by atomic mass is 9.95. The van der Waals surface area contributed by atoms with Gasteiger partial charge in [-0.3, -0.25) is 9.30 Å². The maximum Gasteiger partial charge on any atom is 0.194 e. The molecule has 9 heteroatoms. The van der Waals surface area contributed by atoms with E-state index in [-0.39, 0.29) is 0 Å². The Morgan fingerprint density at radius 3 is 2.51 bits per heavy atom. The molecule has 4 aromatic heterocycles. The summed E-state index contributed by atoms with van der Waals surface area (Å²) in [5.41, 5.74) is 5.85. The topological polar surface area (TPSA) is 75.0 Å². The van der Waals surface area contributed by atoms with Crippen molar-refractivity contribution in [3.8, 4) is 33.3 Å². The monoisotopic (exact) mass is 523 g/mol. The van der Waals surface area contributed by atoms with E-state index in [1.165, 1.54) is 11.1 Å².